The SMILES string of the molecule is CC(O)Cn1ccc(C(N)C(C)C)c1. The van der Waals surface area contributed by atoms with E-state index >= 15 is 0 Å². The van der Waals surface area contributed by atoms with Crippen molar-refractivity contribution in [3.63, 3.8) is 0 Å². The number of hydrogen-bond acceptors (Lipinski definition) is 2. The third kappa shape index (κ3) is 2.86. The first-order chi connectivity index (χ1) is 6.50. The Morgan fingerprint density at radius 2 is 2.07 bits per heavy atom. The van der Waals surface area contributed by atoms with Crippen LogP contribution in [0.2, 0.25) is 0 Å². The first-order valence-electron chi connectivity index (χ1n) is 5.10. The molecule has 0 aromatic carbocycles. The van der Waals surface area contributed by atoms with Crippen LogP contribution in [0.15, 0.2) is 18.5 Å². The average molecular weight is 196 g/mol. The average Bonchev–Trinajstić information content (AvgIpc) is 2.50. The van der Waals surface area contributed by atoms with Crippen molar-refractivity contribution in [3.05, 3.63) is 24.0 Å². The molecule has 0 saturated heterocycles. The molecule has 80 valence electrons. The quantitative estimate of drug-likeness (QED) is 0.767. The lowest BCUT2D eigenvalue weighted by Crippen LogP contribution is -2.16. The van der Waals surface area contributed by atoms with Crippen molar-refractivity contribution in [2.75, 3.05) is 0 Å². The summed E-state index contributed by atoms with van der Waals surface area (Å²) in [6, 6.07) is 2.11. The van der Waals surface area contributed by atoms with Crippen LogP contribution in [0.5, 0.6) is 0 Å². The standard InChI is InChI=1S/C11H20N2O/c1-8(2)11(12)10-4-5-13(7-10)6-9(3)14/h4-5,7-9,11,14H,6,12H2,1-3H3. The smallest absolute Gasteiger partial charge is 0.0690 e. The minimum Gasteiger partial charge on any atom is -0.392 e. The minimum absolute atomic E-state index is 0.0882. The van der Waals surface area contributed by atoms with E-state index in [4.69, 9.17) is 5.73 Å². The molecule has 0 bridgehead atoms. The summed E-state index contributed by atoms with van der Waals surface area (Å²) < 4.78 is 1.97. The van der Waals surface area contributed by atoms with E-state index in [1.165, 1.54) is 0 Å². The number of aliphatic hydroxyl groups is 1. The lowest BCUT2D eigenvalue weighted by molar-refractivity contribution is 0.173. The second-order valence-corrected chi connectivity index (χ2v) is 4.26. The highest BCUT2D eigenvalue weighted by atomic mass is 16.3. The molecule has 0 aliphatic rings. The first kappa shape index (κ1) is 11.3. The molecule has 0 saturated carbocycles. The van der Waals surface area contributed by atoms with Gasteiger partial charge >= 0.3 is 0 Å². The Bertz CT molecular complexity index is 279. The van der Waals surface area contributed by atoms with E-state index in [0.717, 1.165) is 5.56 Å². The highest BCUT2D eigenvalue weighted by molar-refractivity contribution is 5.15. The number of hydrogen-bond donors (Lipinski definition) is 2. The van der Waals surface area contributed by atoms with Gasteiger partial charge in [-0.05, 0) is 24.5 Å². The fraction of sp³-hybridized carbons (Fsp3) is 0.636. The molecule has 3 N–H and O–H groups in total. The molecule has 1 heterocycles. The highest BCUT2D eigenvalue weighted by Crippen LogP contribution is 2.18. The molecule has 1 rings (SSSR count). The summed E-state index contributed by atoms with van der Waals surface area (Å²) in [6.45, 7) is 6.63. The van der Waals surface area contributed by atoms with Gasteiger partial charge in [-0.3, -0.25) is 0 Å². The topological polar surface area (TPSA) is 51.2 Å². The summed E-state index contributed by atoms with van der Waals surface area (Å²) in [5, 5.41) is 9.21. The van der Waals surface area contributed by atoms with Crippen LogP contribution in [0.4, 0.5) is 0 Å². The maximum Gasteiger partial charge on any atom is 0.0690 e. The number of nitrogens with two attached hydrogens (primary N) is 1. The van der Waals surface area contributed by atoms with E-state index in [2.05, 4.69) is 13.8 Å². The number of rotatable bonds is 4. The number of aromatic nitrogens is 1. The molecular formula is C11H20N2O. The van der Waals surface area contributed by atoms with Crippen LogP contribution in [0.25, 0.3) is 0 Å². The second-order valence-electron chi connectivity index (χ2n) is 4.26. The van der Waals surface area contributed by atoms with Crippen molar-refractivity contribution >= 4 is 0 Å². The van der Waals surface area contributed by atoms with Crippen LogP contribution in [-0.2, 0) is 6.54 Å². The Kier molecular flexibility index (Phi) is 3.72. The molecule has 0 fully saturated rings. The van der Waals surface area contributed by atoms with Gasteiger partial charge in [0.05, 0.1) is 6.10 Å². The zero-order chi connectivity index (χ0) is 10.7. The summed E-state index contributed by atoms with van der Waals surface area (Å²) in [7, 11) is 0. The van der Waals surface area contributed by atoms with Gasteiger partial charge in [0, 0.05) is 25.0 Å². The van der Waals surface area contributed by atoms with Crippen molar-refractivity contribution in [1.82, 2.24) is 4.57 Å². The van der Waals surface area contributed by atoms with Gasteiger partial charge in [-0.2, -0.15) is 0 Å². The van der Waals surface area contributed by atoms with Gasteiger partial charge in [0.2, 0.25) is 0 Å². The van der Waals surface area contributed by atoms with Gasteiger partial charge in [-0.25, -0.2) is 0 Å². The fourth-order valence-corrected chi connectivity index (χ4v) is 1.46. The van der Waals surface area contributed by atoms with E-state index in [9.17, 15) is 5.11 Å². The lowest BCUT2D eigenvalue weighted by Gasteiger charge is -2.13. The monoisotopic (exact) mass is 196 g/mol. The van der Waals surface area contributed by atoms with Gasteiger partial charge in [0.1, 0.15) is 0 Å². The maximum absolute atomic E-state index is 9.21. The molecule has 0 spiro atoms. The Morgan fingerprint density at radius 1 is 1.43 bits per heavy atom. The van der Waals surface area contributed by atoms with Crippen molar-refractivity contribution in [2.45, 2.75) is 39.5 Å². The molecule has 1 aromatic heterocycles. The predicted octanol–water partition coefficient (Wildman–Crippen LogP) is 1.52. The van der Waals surface area contributed by atoms with Gasteiger partial charge in [0.15, 0.2) is 0 Å². The highest BCUT2D eigenvalue weighted by Gasteiger charge is 2.11. The third-order valence-corrected chi connectivity index (χ3v) is 2.35. The number of nitrogens with zero attached hydrogens (tertiary/aromatic N) is 1. The minimum atomic E-state index is -0.314. The van der Waals surface area contributed by atoms with Crippen LogP contribution in [-0.4, -0.2) is 15.8 Å². The van der Waals surface area contributed by atoms with E-state index in [1.807, 2.05) is 23.0 Å². The molecule has 3 heteroatoms. The van der Waals surface area contributed by atoms with Crippen LogP contribution in [0.3, 0.4) is 0 Å². The molecule has 0 amide bonds. The van der Waals surface area contributed by atoms with Crippen LogP contribution < -0.4 is 5.73 Å². The predicted molar refractivity (Wildman–Crippen MR) is 57.9 cm³/mol. The zero-order valence-corrected chi connectivity index (χ0v) is 9.14. The normalized spacial score (nSPS) is 15.9. The summed E-state index contributed by atoms with van der Waals surface area (Å²) in [5.74, 6) is 0.442. The van der Waals surface area contributed by atoms with Crippen molar-refractivity contribution in [3.8, 4) is 0 Å². The number of aliphatic hydroxyl groups excluding tert-OH is 1. The third-order valence-electron chi connectivity index (χ3n) is 2.35. The Balaban J connectivity index is 2.67. The van der Waals surface area contributed by atoms with Crippen LogP contribution in [0, 0.1) is 5.92 Å². The van der Waals surface area contributed by atoms with Gasteiger partial charge in [-0.1, -0.05) is 13.8 Å². The summed E-state index contributed by atoms with van der Waals surface area (Å²) in [5.41, 5.74) is 7.15. The fourth-order valence-electron chi connectivity index (χ4n) is 1.46. The van der Waals surface area contributed by atoms with Gasteiger partial charge in [-0.15, -0.1) is 0 Å². The van der Waals surface area contributed by atoms with Crippen LogP contribution in [0.1, 0.15) is 32.4 Å². The van der Waals surface area contributed by atoms with Crippen molar-refractivity contribution < 1.29 is 5.11 Å². The van der Waals surface area contributed by atoms with E-state index in [0.29, 0.717) is 12.5 Å². The molecule has 2 atom stereocenters. The largest absolute Gasteiger partial charge is 0.392 e. The molecule has 1 aromatic rings. The van der Waals surface area contributed by atoms with E-state index in [1.54, 1.807) is 6.92 Å². The van der Waals surface area contributed by atoms with Crippen LogP contribution >= 0.6 is 0 Å². The molecule has 2 unspecified atom stereocenters. The Labute approximate surface area is 85.5 Å². The summed E-state index contributed by atoms with van der Waals surface area (Å²) in [6.07, 6.45) is 3.66. The zero-order valence-electron chi connectivity index (χ0n) is 9.14. The van der Waals surface area contributed by atoms with E-state index in [-0.39, 0.29) is 12.1 Å². The molecule has 0 radical (unpaired) electrons. The first-order valence-corrected chi connectivity index (χ1v) is 5.10. The lowest BCUT2D eigenvalue weighted by atomic mass is 10.00. The molecular weight excluding hydrogens is 176 g/mol. The Morgan fingerprint density at radius 3 is 2.57 bits per heavy atom. The van der Waals surface area contributed by atoms with Gasteiger partial charge < -0.3 is 15.4 Å². The van der Waals surface area contributed by atoms with Crippen molar-refractivity contribution in [2.24, 2.45) is 11.7 Å². The Hall–Kier alpha value is -0.800. The maximum atomic E-state index is 9.21. The molecule has 14 heavy (non-hydrogen) atoms. The van der Waals surface area contributed by atoms with Gasteiger partial charge in [0.25, 0.3) is 0 Å². The summed E-state index contributed by atoms with van der Waals surface area (Å²) >= 11 is 0. The molecule has 0 aliphatic heterocycles. The second kappa shape index (κ2) is 4.62. The molecule has 0 aliphatic carbocycles. The summed E-state index contributed by atoms with van der Waals surface area (Å²) in [4.78, 5) is 0. The molecule has 3 nitrogen and oxygen atoms in total. The van der Waals surface area contributed by atoms with Crippen molar-refractivity contribution in [1.29, 1.82) is 0 Å². The van der Waals surface area contributed by atoms with E-state index < -0.39 is 0 Å².